The van der Waals surface area contributed by atoms with Gasteiger partial charge in [0.25, 0.3) is 0 Å². The average Bonchev–Trinajstić information content (AvgIpc) is 2.46. The maximum absolute atomic E-state index is 12.0. The van der Waals surface area contributed by atoms with Gasteiger partial charge in [-0.2, -0.15) is 0 Å². The van der Waals surface area contributed by atoms with E-state index in [1.54, 1.807) is 26.2 Å². The minimum Gasteiger partial charge on any atom is -0.495 e. The van der Waals surface area contributed by atoms with Crippen molar-refractivity contribution in [1.29, 1.82) is 0 Å². The first-order valence-electron chi connectivity index (χ1n) is 6.91. The first-order valence-corrected chi connectivity index (χ1v) is 7.29. The highest BCUT2D eigenvalue weighted by atomic mass is 35.5. The molecule has 2 N–H and O–H groups in total. The van der Waals surface area contributed by atoms with Gasteiger partial charge in [-0.05, 0) is 24.6 Å². The largest absolute Gasteiger partial charge is 0.495 e. The molecule has 0 saturated carbocycles. The number of carbonyl (C=O) groups excluding carboxylic acids is 2. The molecule has 0 bridgehead atoms. The van der Waals surface area contributed by atoms with Crippen LogP contribution in [0, 0.1) is 0 Å². The van der Waals surface area contributed by atoms with Gasteiger partial charge in [0, 0.05) is 19.4 Å². The van der Waals surface area contributed by atoms with E-state index in [-0.39, 0.29) is 11.8 Å². The number of hydrogen-bond acceptors (Lipinski definition) is 3. The van der Waals surface area contributed by atoms with E-state index in [2.05, 4.69) is 10.6 Å². The predicted octanol–water partition coefficient (Wildman–Crippen LogP) is 1.92. The van der Waals surface area contributed by atoms with E-state index in [4.69, 9.17) is 16.3 Å². The van der Waals surface area contributed by atoms with Crippen LogP contribution in [0.5, 0.6) is 5.75 Å². The zero-order valence-electron chi connectivity index (χ0n) is 12.5. The van der Waals surface area contributed by atoms with Crippen LogP contribution in [-0.4, -0.2) is 31.5 Å². The van der Waals surface area contributed by atoms with Gasteiger partial charge < -0.3 is 15.4 Å². The Morgan fingerprint density at radius 1 is 1.33 bits per heavy atom. The van der Waals surface area contributed by atoms with Crippen molar-refractivity contribution in [3.63, 3.8) is 0 Å². The molecule has 5 nitrogen and oxygen atoms in total. The third-order valence-corrected chi connectivity index (χ3v) is 3.28. The van der Waals surface area contributed by atoms with Gasteiger partial charge in [0.15, 0.2) is 0 Å². The molecule has 1 aromatic carbocycles. The molecule has 1 atom stereocenters. The number of hydrogen-bond donors (Lipinski definition) is 2. The number of rotatable bonds is 7. The van der Waals surface area contributed by atoms with E-state index < -0.39 is 6.04 Å². The summed E-state index contributed by atoms with van der Waals surface area (Å²) in [6.07, 6.45) is 0.709. The number of amides is 2. The van der Waals surface area contributed by atoms with Crippen molar-refractivity contribution >= 4 is 23.4 Å². The molecule has 2 amide bonds. The van der Waals surface area contributed by atoms with Crippen LogP contribution in [0.2, 0.25) is 5.02 Å². The molecule has 21 heavy (non-hydrogen) atoms. The second-order valence-corrected chi connectivity index (χ2v) is 4.95. The number of nitrogens with one attached hydrogen (secondary N) is 2. The number of methoxy groups -OCH3 is 1. The Morgan fingerprint density at radius 3 is 2.57 bits per heavy atom. The average molecular weight is 313 g/mol. The van der Waals surface area contributed by atoms with Crippen LogP contribution >= 0.6 is 11.6 Å². The Kier molecular flexibility index (Phi) is 7.02. The van der Waals surface area contributed by atoms with Crippen molar-refractivity contribution < 1.29 is 14.3 Å². The normalized spacial score (nSPS) is 11.6. The van der Waals surface area contributed by atoms with E-state index in [1.807, 2.05) is 13.0 Å². The number of likely N-dealkylation sites (N-methyl/N-ethyl adjacent to an activating group) is 1. The zero-order valence-corrected chi connectivity index (χ0v) is 13.3. The molecular weight excluding hydrogens is 292 g/mol. The monoisotopic (exact) mass is 312 g/mol. The Hall–Kier alpha value is -1.75. The molecule has 0 saturated heterocycles. The van der Waals surface area contributed by atoms with E-state index >= 15 is 0 Å². The van der Waals surface area contributed by atoms with Gasteiger partial charge in [0.1, 0.15) is 11.8 Å². The first kappa shape index (κ1) is 17.3. The zero-order chi connectivity index (χ0) is 15.8. The van der Waals surface area contributed by atoms with E-state index in [1.165, 1.54) is 0 Å². The second kappa shape index (κ2) is 8.52. The highest BCUT2D eigenvalue weighted by molar-refractivity contribution is 6.32. The summed E-state index contributed by atoms with van der Waals surface area (Å²) in [5.74, 6) is 0.213. The minimum absolute atomic E-state index is 0.161. The summed E-state index contributed by atoms with van der Waals surface area (Å²) < 4.78 is 5.09. The fraction of sp³-hybridized carbons (Fsp3) is 0.467. The van der Waals surface area contributed by atoms with Crippen molar-refractivity contribution in [3.8, 4) is 5.75 Å². The molecule has 0 aromatic heterocycles. The van der Waals surface area contributed by atoms with Crippen LogP contribution in [0.1, 0.15) is 25.8 Å². The lowest BCUT2D eigenvalue weighted by molar-refractivity contribution is -0.128. The van der Waals surface area contributed by atoms with Crippen LogP contribution in [-0.2, 0) is 16.0 Å². The number of benzene rings is 1. The van der Waals surface area contributed by atoms with Crippen LogP contribution < -0.4 is 15.4 Å². The molecule has 0 spiro atoms. The fourth-order valence-corrected chi connectivity index (χ4v) is 2.16. The number of carbonyl (C=O) groups is 2. The predicted molar refractivity (Wildman–Crippen MR) is 82.6 cm³/mol. The highest BCUT2D eigenvalue weighted by Gasteiger charge is 2.20. The molecule has 0 aliphatic rings. The Balaban J connectivity index is 2.86. The SMILES string of the molecule is CCNC(=O)[C@@H](Cc1ccc(OC)c(Cl)c1)NC(=O)CC. The molecule has 1 aromatic rings. The third-order valence-electron chi connectivity index (χ3n) is 2.98. The summed E-state index contributed by atoms with van der Waals surface area (Å²) in [6.45, 7) is 4.09. The standard InChI is InChI=1S/C15H21ClN2O3/c1-4-14(19)18-12(15(20)17-5-2)9-10-6-7-13(21-3)11(16)8-10/h6-8,12H,4-5,9H2,1-3H3,(H,17,20)(H,18,19)/t12-/m1/s1. The van der Waals surface area contributed by atoms with Crippen molar-refractivity contribution in [2.45, 2.75) is 32.7 Å². The van der Waals surface area contributed by atoms with Gasteiger partial charge in [-0.25, -0.2) is 0 Å². The van der Waals surface area contributed by atoms with Gasteiger partial charge in [0.2, 0.25) is 11.8 Å². The molecule has 0 unspecified atom stereocenters. The lowest BCUT2D eigenvalue weighted by Crippen LogP contribution is -2.47. The van der Waals surface area contributed by atoms with Crippen molar-refractivity contribution in [1.82, 2.24) is 10.6 Å². The molecule has 0 heterocycles. The minimum atomic E-state index is -0.609. The highest BCUT2D eigenvalue weighted by Crippen LogP contribution is 2.25. The molecular formula is C15H21ClN2O3. The Bertz CT molecular complexity index is 506. The summed E-state index contributed by atoms with van der Waals surface area (Å²) in [4.78, 5) is 23.6. The summed E-state index contributed by atoms with van der Waals surface area (Å²) in [5.41, 5.74) is 0.855. The lowest BCUT2D eigenvalue weighted by Gasteiger charge is -2.18. The van der Waals surface area contributed by atoms with Gasteiger partial charge in [0.05, 0.1) is 12.1 Å². The second-order valence-electron chi connectivity index (χ2n) is 4.54. The van der Waals surface area contributed by atoms with Gasteiger partial charge in [-0.15, -0.1) is 0 Å². The number of ether oxygens (including phenoxy) is 1. The molecule has 0 aliphatic heterocycles. The third kappa shape index (κ3) is 5.27. The van der Waals surface area contributed by atoms with Crippen molar-refractivity contribution in [2.24, 2.45) is 0 Å². The van der Waals surface area contributed by atoms with Gasteiger partial charge in [-0.3, -0.25) is 9.59 Å². The fourth-order valence-electron chi connectivity index (χ4n) is 1.88. The van der Waals surface area contributed by atoms with Crippen LogP contribution in [0.25, 0.3) is 0 Å². The smallest absolute Gasteiger partial charge is 0.242 e. The van der Waals surface area contributed by atoms with E-state index in [0.29, 0.717) is 30.2 Å². The topological polar surface area (TPSA) is 67.4 Å². The molecule has 6 heteroatoms. The molecule has 0 radical (unpaired) electrons. The number of halogens is 1. The van der Waals surface area contributed by atoms with Crippen LogP contribution in [0.15, 0.2) is 18.2 Å². The maximum Gasteiger partial charge on any atom is 0.242 e. The quantitative estimate of drug-likeness (QED) is 0.808. The van der Waals surface area contributed by atoms with Crippen molar-refractivity contribution in [3.05, 3.63) is 28.8 Å². The Morgan fingerprint density at radius 2 is 2.05 bits per heavy atom. The van der Waals surface area contributed by atoms with Gasteiger partial charge in [-0.1, -0.05) is 24.6 Å². The van der Waals surface area contributed by atoms with Gasteiger partial charge >= 0.3 is 0 Å². The Labute approximate surface area is 130 Å². The van der Waals surface area contributed by atoms with Crippen molar-refractivity contribution in [2.75, 3.05) is 13.7 Å². The summed E-state index contributed by atoms with van der Waals surface area (Å²) in [5, 5.41) is 5.92. The summed E-state index contributed by atoms with van der Waals surface area (Å²) in [7, 11) is 1.54. The summed E-state index contributed by atoms with van der Waals surface area (Å²) >= 11 is 6.07. The lowest BCUT2D eigenvalue weighted by atomic mass is 10.0. The van der Waals surface area contributed by atoms with E-state index in [0.717, 1.165) is 5.56 Å². The first-order chi connectivity index (χ1) is 10.0. The molecule has 1 rings (SSSR count). The molecule has 0 fully saturated rings. The van der Waals surface area contributed by atoms with Crippen LogP contribution in [0.4, 0.5) is 0 Å². The summed E-state index contributed by atoms with van der Waals surface area (Å²) in [6, 6.07) is 4.70. The molecule has 116 valence electrons. The van der Waals surface area contributed by atoms with E-state index in [9.17, 15) is 9.59 Å². The van der Waals surface area contributed by atoms with Crippen LogP contribution in [0.3, 0.4) is 0 Å². The molecule has 0 aliphatic carbocycles. The maximum atomic E-state index is 12.0.